The highest BCUT2D eigenvalue weighted by Gasteiger charge is 2.26. The third kappa shape index (κ3) is 3.28. The molecular formula is C22H20N6OS. The van der Waals surface area contributed by atoms with Crippen molar-refractivity contribution in [3.63, 3.8) is 0 Å². The molecule has 1 aromatic carbocycles. The Bertz CT molecular complexity index is 1290. The van der Waals surface area contributed by atoms with Crippen LogP contribution in [0, 0.1) is 11.3 Å². The molecule has 1 aliphatic rings. The van der Waals surface area contributed by atoms with Gasteiger partial charge in [0.15, 0.2) is 0 Å². The zero-order valence-corrected chi connectivity index (χ0v) is 17.3. The van der Waals surface area contributed by atoms with E-state index in [2.05, 4.69) is 50.8 Å². The van der Waals surface area contributed by atoms with E-state index in [9.17, 15) is 10.1 Å². The summed E-state index contributed by atoms with van der Waals surface area (Å²) < 4.78 is 1.59. The lowest BCUT2D eigenvalue weighted by Gasteiger charge is -2.26. The molecule has 4 aromatic rings. The molecule has 0 spiro atoms. The van der Waals surface area contributed by atoms with Gasteiger partial charge in [0.05, 0.1) is 17.3 Å². The fourth-order valence-corrected chi connectivity index (χ4v) is 5.25. The number of hydrogen-bond donors (Lipinski definition) is 2. The number of aromatic nitrogens is 3. The Morgan fingerprint density at radius 3 is 3.07 bits per heavy atom. The molecule has 7 nitrogen and oxygen atoms in total. The van der Waals surface area contributed by atoms with E-state index < -0.39 is 0 Å². The highest BCUT2D eigenvalue weighted by Crippen LogP contribution is 2.37. The number of anilines is 1. The zero-order valence-electron chi connectivity index (χ0n) is 16.5. The molecule has 0 saturated carbocycles. The van der Waals surface area contributed by atoms with Gasteiger partial charge in [0.2, 0.25) is 0 Å². The molecule has 0 bridgehead atoms. The Balaban J connectivity index is 1.36. The summed E-state index contributed by atoms with van der Waals surface area (Å²) in [6, 6.07) is 10.6. The summed E-state index contributed by atoms with van der Waals surface area (Å²) >= 11 is 1.51. The lowest BCUT2D eigenvalue weighted by atomic mass is 10.0. The van der Waals surface area contributed by atoms with Crippen LogP contribution in [0.5, 0.6) is 0 Å². The number of H-pyrrole nitrogens is 1. The van der Waals surface area contributed by atoms with Gasteiger partial charge in [-0.2, -0.15) is 10.4 Å². The number of hydrogen-bond acceptors (Lipinski definition) is 5. The second-order valence-electron chi connectivity index (χ2n) is 7.50. The number of para-hydroxylation sites is 1. The van der Waals surface area contributed by atoms with Crippen molar-refractivity contribution in [3.8, 4) is 6.07 Å². The topological polar surface area (TPSA) is 89.7 Å². The van der Waals surface area contributed by atoms with E-state index >= 15 is 0 Å². The number of aromatic amines is 1. The summed E-state index contributed by atoms with van der Waals surface area (Å²) in [5, 5.41) is 18.5. The Labute approximate surface area is 177 Å². The molecule has 0 saturated heterocycles. The summed E-state index contributed by atoms with van der Waals surface area (Å²) in [6.07, 6.45) is 6.07. The number of aryl methyl sites for hydroxylation is 1. The van der Waals surface area contributed by atoms with Crippen molar-refractivity contribution >= 4 is 33.1 Å². The minimum Gasteiger partial charge on any atom is -0.361 e. The monoisotopic (exact) mass is 416 g/mol. The predicted molar refractivity (Wildman–Crippen MR) is 116 cm³/mol. The number of nitrogens with one attached hydrogen (secondary N) is 2. The highest BCUT2D eigenvalue weighted by molar-refractivity contribution is 7.16. The van der Waals surface area contributed by atoms with Crippen LogP contribution in [-0.4, -0.2) is 32.1 Å². The normalized spacial score (nSPS) is 13.9. The van der Waals surface area contributed by atoms with Crippen LogP contribution in [0.15, 0.2) is 42.9 Å². The average molecular weight is 417 g/mol. The molecule has 150 valence electrons. The molecule has 0 fully saturated rings. The molecule has 3 aromatic heterocycles. The average Bonchev–Trinajstić information content (AvgIpc) is 3.45. The first-order valence-electron chi connectivity index (χ1n) is 9.74. The summed E-state index contributed by atoms with van der Waals surface area (Å²) in [6.45, 7) is 2.51. The molecule has 0 radical (unpaired) electrons. The maximum Gasteiger partial charge on any atom is 0.259 e. The maximum atomic E-state index is 12.5. The SMILES string of the molecule is Cn1cc(C(=O)Nc2sc3c(c2C#N)CCN(Cc2c[nH]c4ccccc24)C3)cn1. The first kappa shape index (κ1) is 18.6. The minimum absolute atomic E-state index is 0.242. The molecule has 1 amide bonds. The van der Waals surface area contributed by atoms with E-state index in [0.717, 1.165) is 42.0 Å². The van der Waals surface area contributed by atoms with Crippen LogP contribution in [0.4, 0.5) is 5.00 Å². The van der Waals surface area contributed by atoms with Crippen LogP contribution in [-0.2, 0) is 26.6 Å². The van der Waals surface area contributed by atoms with E-state index in [1.54, 1.807) is 17.9 Å². The molecule has 0 unspecified atom stereocenters. The van der Waals surface area contributed by atoms with Crippen molar-refractivity contribution < 1.29 is 4.79 Å². The van der Waals surface area contributed by atoms with Gasteiger partial charge in [-0.3, -0.25) is 14.4 Å². The van der Waals surface area contributed by atoms with Gasteiger partial charge in [-0.05, 0) is 23.6 Å². The largest absolute Gasteiger partial charge is 0.361 e. The van der Waals surface area contributed by atoms with Gasteiger partial charge in [0.25, 0.3) is 5.91 Å². The molecule has 2 N–H and O–H groups in total. The van der Waals surface area contributed by atoms with Crippen LogP contribution < -0.4 is 5.32 Å². The molecule has 1 aliphatic heterocycles. The van der Waals surface area contributed by atoms with Gasteiger partial charge in [-0.1, -0.05) is 18.2 Å². The van der Waals surface area contributed by atoms with E-state index in [1.165, 1.54) is 28.5 Å². The van der Waals surface area contributed by atoms with Crippen molar-refractivity contribution in [2.24, 2.45) is 7.05 Å². The molecule has 0 aliphatic carbocycles. The molecule has 5 rings (SSSR count). The van der Waals surface area contributed by atoms with Crippen LogP contribution in [0.25, 0.3) is 10.9 Å². The van der Waals surface area contributed by atoms with E-state index in [0.29, 0.717) is 16.1 Å². The van der Waals surface area contributed by atoms with Crippen LogP contribution >= 0.6 is 11.3 Å². The van der Waals surface area contributed by atoms with Gasteiger partial charge in [-0.15, -0.1) is 11.3 Å². The number of benzene rings is 1. The molecule has 0 atom stereocenters. The number of thiophene rings is 1. The lowest BCUT2D eigenvalue weighted by molar-refractivity contribution is 0.102. The Hall–Kier alpha value is -3.41. The number of nitrogens with zero attached hydrogens (tertiary/aromatic N) is 4. The first-order valence-corrected chi connectivity index (χ1v) is 10.6. The summed E-state index contributed by atoms with van der Waals surface area (Å²) in [5.41, 5.74) is 4.57. The minimum atomic E-state index is -0.242. The third-order valence-corrected chi connectivity index (χ3v) is 6.64. The van der Waals surface area contributed by atoms with Crippen molar-refractivity contribution in [2.45, 2.75) is 19.5 Å². The van der Waals surface area contributed by atoms with Crippen molar-refractivity contribution in [2.75, 3.05) is 11.9 Å². The van der Waals surface area contributed by atoms with Gasteiger partial charge in [0, 0.05) is 54.9 Å². The fraction of sp³-hybridized carbons (Fsp3) is 0.227. The maximum absolute atomic E-state index is 12.5. The second-order valence-corrected chi connectivity index (χ2v) is 8.60. The van der Waals surface area contributed by atoms with Crippen LogP contribution in [0.2, 0.25) is 0 Å². The van der Waals surface area contributed by atoms with Crippen molar-refractivity contribution in [1.82, 2.24) is 19.7 Å². The van der Waals surface area contributed by atoms with Gasteiger partial charge >= 0.3 is 0 Å². The van der Waals surface area contributed by atoms with Gasteiger partial charge < -0.3 is 10.3 Å². The number of fused-ring (bicyclic) bond motifs is 2. The van der Waals surface area contributed by atoms with Crippen LogP contribution in [0.3, 0.4) is 0 Å². The van der Waals surface area contributed by atoms with E-state index in [1.807, 2.05) is 6.07 Å². The van der Waals surface area contributed by atoms with Gasteiger partial charge in [-0.25, -0.2) is 0 Å². The Morgan fingerprint density at radius 2 is 2.27 bits per heavy atom. The standard InChI is InChI=1S/C22H20N6OS/c1-27-11-15(10-25-27)21(29)26-22-18(8-23)17-6-7-28(13-20(17)30-22)12-14-9-24-19-5-3-2-4-16(14)19/h2-5,9-11,24H,6-7,12-13H2,1H3,(H,26,29). The fourth-order valence-electron chi connectivity index (χ4n) is 4.01. The molecule has 30 heavy (non-hydrogen) atoms. The molecular weight excluding hydrogens is 396 g/mol. The smallest absolute Gasteiger partial charge is 0.259 e. The second kappa shape index (κ2) is 7.44. The quantitative estimate of drug-likeness (QED) is 0.531. The Kier molecular flexibility index (Phi) is 4.62. The van der Waals surface area contributed by atoms with Crippen molar-refractivity contribution in [1.29, 1.82) is 5.26 Å². The summed E-state index contributed by atoms with van der Waals surface area (Å²) in [5.74, 6) is -0.242. The highest BCUT2D eigenvalue weighted by atomic mass is 32.1. The van der Waals surface area contributed by atoms with E-state index in [4.69, 9.17) is 0 Å². The first-order chi connectivity index (χ1) is 14.6. The summed E-state index contributed by atoms with van der Waals surface area (Å²) in [4.78, 5) is 19.4. The number of nitriles is 1. The van der Waals surface area contributed by atoms with Gasteiger partial charge in [0.1, 0.15) is 11.1 Å². The molecule has 8 heteroatoms. The summed E-state index contributed by atoms with van der Waals surface area (Å²) in [7, 11) is 1.77. The lowest BCUT2D eigenvalue weighted by Crippen LogP contribution is -2.29. The number of amides is 1. The Morgan fingerprint density at radius 1 is 1.40 bits per heavy atom. The number of rotatable bonds is 4. The third-order valence-electron chi connectivity index (χ3n) is 5.51. The van der Waals surface area contributed by atoms with E-state index in [-0.39, 0.29) is 5.91 Å². The number of carbonyl (C=O) groups excluding carboxylic acids is 1. The van der Waals surface area contributed by atoms with Crippen molar-refractivity contribution in [3.05, 3.63) is 70.0 Å². The zero-order chi connectivity index (χ0) is 20.7. The van der Waals surface area contributed by atoms with Crippen LogP contribution in [0.1, 0.15) is 31.9 Å². The molecule has 4 heterocycles. The predicted octanol–water partition coefficient (Wildman–Crippen LogP) is 3.65. The number of carbonyl (C=O) groups is 1.